The average molecular weight is 229 g/mol. The molecule has 0 amide bonds. The molecular weight excluding hydrogens is 210 g/mol. The van der Waals surface area contributed by atoms with Crippen LogP contribution in [-0.2, 0) is 0 Å². The molecule has 0 aliphatic rings. The molecule has 0 heterocycles. The fraction of sp³-hybridized carbons (Fsp3) is 0.333. The van der Waals surface area contributed by atoms with Crippen LogP contribution in [0.25, 0.3) is 10.8 Å². The van der Waals surface area contributed by atoms with Crippen molar-refractivity contribution < 1.29 is 4.74 Å². The first-order valence-electron chi connectivity index (χ1n) is 6.14. The Bertz CT molecular complexity index is 505. The van der Waals surface area contributed by atoms with E-state index in [1.807, 2.05) is 19.9 Å². The Balaban J connectivity index is 2.55. The molecule has 17 heavy (non-hydrogen) atoms. The summed E-state index contributed by atoms with van der Waals surface area (Å²) in [5.41, 5.74) is 1.10. The van der Waals surface area contributed by atoms with Gasteiger partial charge in [0.05, 0.1) is 11.8 Å². The number of fused-ring (bicyclic) bond motifs is 1. The zero-order valence-corrected chi connectivity index (χ0v) is 10.7. The second-order valence-electron chi connectivity index (χ2n) is 4.36. The highest BCUT2D eigenvalue weighted by atomic mass is 16.5. The van der Waals surface area contributed by atoms with Gasteiger partial charge in [0.2, 0.25) is 0 Å². The van der Waals surface area contributed by atoms with Gasteiger partial charge in [0.1, 0.15) is 5.75 Å². The minimum absolute atomic E-state index is 0.188. The highest BCUT2D eigenvalue weighted by molar-refractivity contribution is 5.96. The number of anilines is 1. The van der Waals surface area contributed by atoms with Crippen LogP contribution in [0.3, 0.4) is 0 Å². The van der Waals surface area contributed by atoms with Crippen LogP contribution in [0.4, 0.5) is 5.69 Å². The summed E-state index contributed by atoms with van der Waals surface area (Å²) in [4.78, 5) is 0. The van der Waals surface area contributed by atoms with Crippen LogP contribution in [0.15, 0.2) is 36.4 Å². The summed E-state index contributed by atoms with van der Waals surface area (Å²) < 4.78 is 5.84. The lowest BCUT2D eigenvalue weighted by Gasteiger charge is -2.17. The minimum atomic E-state index is 0.188. The van der Waals surface area contributed by atoms with Crippen LogP contribution in [0.2, 0.25) is 0 Å². The first-order valence-corrected chi connectivity index (χ1v) is 6.14. The summed E-state index contributed by atoms with van der Waals surface area (Å²) in [6.07, 6.45) is 0.188. The van der Waals surface area contributed by atoms with Gasteiger partial charge in [0.15, 0.2) is 0 Å². The third-order valence-corrected chi connectivity index (χ3v) is 2.61. The maximum absolute atomic E-state index is 5.84. The molecule has 90 valence electrons. The molecule has 2 aromatic rings. The van der Waals surface area contributed by atoms with E-state index >= 15 is 0 Å². The van der Waals surface area contributed by atoms with Crippen LogP contribution in [0, 0.1) is 0 Å². The van der Waals surface area contributed by atoms with E-state index in [1.165, 1.54) is 10.8 Å². The largest absolute Gasteiger partial charge is 0.489 e. The molecule has 0 unspecified atom stereocenters. The predicted molar refractivity (Wildman–Crippen MR) is 73.9 cm³/mol. The molecule has 0 aromatic heterocycles. The number of hydrogen-bond donors (Lipinski definition) is 1. The molecule has 1 N–H and O–H groups in total. The van der Waals surface area contributed by atoms with Crippen LogP contribution < -0.4 is 10.1 Å². The molecule has 0 spiro atoms. The third kappa shape index (κ3) is 2.52. The Morgan fingerprint density at radius 1 is 1.12 bits per heavy atom. The molecular formula is C15H19NO. The molecule has 2 nitrogen and oxygen atoms in total. The van der Waals surface area contributed by atoms with Gasteiger partial charge < -0.3 is 10.1 Å². The molecule has 0 saturated heterocycles. The highest BCUT2D eigenvalue weighted by Gasteiger charge is 2.08. The number of nitrogens with one attached hydrogen (secondary N) is 1. The van der Waals surface area contributed by atoms with Crippen molar-refractivity contribution in [2.45, 2.75) is 26.9 Å². The zero-order valence-electron chi connectivity index (χ0n) is 10.7. The van der Waals surface area contributed by atoms with Crippen molar-refractivity contribution >= 4 is 16.5 Å². The minimum Gasteiger partial charge on any atom is -0.489 e. The molecule has 0 saturated carbocycles. The van der Waals surface area contributed by atoms with Gasteiger partial charge >= 0.3 is 0 Å². The summed E-state index contributed by atoms with van der Waals surface area (Å²) in [5.74, 6) is 0.931. The van der Waals surface area contributed by atoms with Gasteiger partial charge in [-0.3, -0.25) is 0 Å². The smallest absolute Gasteiger partial charge is 0.143 e. The van der Waals surface area contributed by atoms with Gasteiger partial charge in [0.25, 0.3) is 0 Å². The summed E-state index contributed by atoms with van der Waals surface area (Å²) in [6, 6.07) is 12.5. The van der Waals surface area contributed by atoms with Crippen molar-refractivity contribution in [1.29, 1.82) is 0 Å². The summed E-state index contributed by atoms with van der Waals surface area (Å²) in [5, 5.41) is 5.85. The van der Waals surface area contributed by atoms with E-state index in [1.54, 1.807) is 0 Å². The Labute approximate surface area is 103 Å². The Hall–Kier alpha value is -1.70. The van der Waals surface area contributed by atoms with E-state index in [0.29, 0.717) is 0 Å². The van der Waals surface area contributed by atoms with Gasteiger partial charge in [-0.2, -0.15) is 0 Å². The van der Waals surface area contributed by atoms with Gasteiger partial charge in [-0.25, -0.2) is 0 Å². The second-order valence-corrected chi connectivity index (χ2v) is 4.36. The topological polar surface area (TPSA) is 21.3 Å². The normalized spacial score (nSPS) is 10.8. The molecule has 0 radical (unpaired) electrons. The van der Waals surface area contributed by atoms with E-state index < -0.39 is 0 Å². The van der Waals surface area contributed by atoms with Crippen molar-refractivity contribution in [3.8, 4) is 5.75 Å². The first-order chi connectivity index (χ1) is 8.22. The maximum atomic E-state index is 5.84. The molecule has 0 aliphatic heterocycles. The molecule has 0 atom stereocenters. The third-order valence-electron chi connectivity index (χ3n) is 2.61. The maximum Gasteiger partial charge on any atom is 0.143 e. The van der Waals surface area contributed by atoms with Crippen molar-refractivity contribution in [2.24, 2.45) is 0 Å². The standard InChI is InChI=1S/C15H19NO/c1-4-16-15-13-8-6-5-7-12(13)9-10-14(15)17-11(2)3/h5-11,16H,4H2,1-3H3. The second kappa shape index (κ2) is 5.09. The number of rotatable bonds is 4. The quantitative estimate of drug-likeness (QED) is 0.853. The Morgan fingerprint density at radius 3 is 2.59 bits per heavy atom. The lowest BCUT2D eigenvalue weighted by Crippen LogP contribution is -2.08. The van der Waals surface area contributed by atoms with Crippen molar-refractivity contribution in [2.75, 3.05) is 11.9 Å². The van der Waals surface area contributed by atoms with Crippen molar-refractivity contribution in [1.82, 2.24) is 0 Å². The molecule has 0 fully saturated rings. The van der Waals surface area contributed by atoms with Crippen molar-refractivity contribution in [3.05, 3.63) is 36.4 Å². The van der Waals surface area contributed by atoms with E-state index in [-0.39, 0.29) is 6.10 Å². The highest BCUT2D eigenvalue weighted by Crippen LogP contribution is 2.33. The summed E-state index contributed by atoms with van der Waals surface area (Å²) >= 11 is 0. The van der Waals surface area contributed by atoms with Gasteiger partial charge in [-0.05, 0) is 32.2 Å². The van der Waals surface area contributed by atoms with Crippen molar-refractivity contribution in [3.63, 3.8) is 0 Å². The lowest BCUT2D eigenvalue weighted by atomic mass is 10.1. The monoisotopic (exact) mass is 229 g/mol. The van der Waals surface area contributed by atoms with Gasteiger partial charge in [0, 0.05) is 11.9 Å². The van der Waals surface area contributed by atoms with E-state index in [0.717, 1.165) is 18.0 Å². The number of benzene rings is 2. The molecule has 2 heteroatoms. The Kier molecular flexibility index (Phi) is 3.52. The first kappa shape index (κ1) is 11.8. The molecule has 0 aliphatic carbocycles. The lowest BCUT2D eigenvalue weighted by molar-refractivity contribution is 0.244. The van der Waals surface area contributed by atoms with E-state index in [2.05, 4.69) is 42.6 Å². The molecule has 2 aromatic carbocycles. The fourth-order valence-electron chi connectivity index (χ4n) is 1.96. The zero-order chi connectivity index (χ0) is 12.3. The van der Waals surface area contributed by atoms with Gasteiger partial charge in [-0.1, -0.05) is 30.3 Å². The average Bonchev–Trinajstić information content (AvgIpc) is 2.32. The molecule has 0 bridgehead atoms. The van der Waals surface area contributed by atoms with E-state index in [4.69, 9.17) is 4.74 Å². The van der Waals surface area contributed by atoms with Crippen LogP contribution in [0.5, 0.6) is 5.75 Å². The van der Waals surface area contributed by atoms with E-state index in [9.17, 15) is 0 Å². The summed E-state index contributed by atoms with van der Waals surface area (Å²) in [7, 11) is 0. The predicted octanol–water partition coefficient (Wildman–Crippen LogP) is 4.06. The van der Waals surface area contributed by atoms with Crippen LogP contribution in [0.1, 0.15) is 20.8 Å². The number of ether oxygens (including phenoxy) is 1. The van der Waals surface area contributed by atoms with Gasteiger partial charge in [-0.15, -0.1) is 0 Å². The summed E-state index contributed by atoms with van der Waals surface area (Å²) in [6.45, 7) is 7.08. The molecule has 2 rings (SSSR count). The Morgan fingerprint density at radius 2 is 1.88 bits per heavy atom. The van der Waals surface area contributed by atoms with Crippen LogP contribution in [-0.4, -0.2) is 12.6 Å². The SMILES string of the molecule is CCNc1c(OC(C)C)ccc2ccccc12. The fourth-order valence-corrected chi connectivity index (χ4v) is 1.96. The number of hydrogen-bond acceptors (Lipinski definition) is 2. The van der Waals surface area contributed by atoms with Crippen LogP contribution >= 0.6 is 0 Å².